The van der Waals surface area contributed by atoms with Gasteiger partial charge in [-0.3, -0.25) is 9.59 Å². The normalized spacial score (nSPS) is 14.4. The SMILES string of the molecule is Cc1cc(Cl)ccc1CC[C@H](C(=O)Nc1cc(C[C@H](C)C(=O)O)ccc1Cl)[C@@H](C)C(F)(F)F. The van der Waals surface area contributed by atoms with Crippen molar-refractivity contribution in [1.29, 1.82) is 0 Å². The fourth-order valence-electron chi connectivity index (χ4n) is 3.55. The Hall–Kier alpha value is -2.25. The summed E-state index contributed by atoms with van der Waals surface area (Å²) >= 11 is 12.1. The summed E-state index contributed by atoms with van der Waals surface area (Å²) in [6.45, 7) is 4.34. The van der Waals surface area contributed by atoms with Gasteiger partial charge in [0.05, 0.1) is 22.5 Å². The molecule has 0 radical (unpaired) electrons. The average molecular weight is 504 g/mol. The zero-order valence-electron chi connectivity index (χ0n) is 18.5. The molecule has 3 atom stereocenters. The highest BCUT2D eigenvalue weighted by atomic mass is 35.5. The molecule has 4 nitrogen and oxygen atoms in total. The van der Waals surface area contributed by atoms with Gasteiger partial charge >= 0.3 is 12.1 Å². The van der Waals surface area contributed by atoms with E-state index in [1.807, 2.05) is 6.92 Å². The van der Waals surface area contributed by atoms with Crippen LogP contribution in [0.1, 0.15) is 37.0 Å². The summed E-state index contributed by atoms with van der Waals surface area (Å²) in [4.78, 5) is 24.1. The molecule has 33 heavy (non-hydrogen) atoms. The van der Waals surface area contributed by atoms with Crippen molar-refractivity contribution in [3.63, 3.8) is 0 Å². The van der Waals surface area contributed by atoms with Crippen molar-refractivity contribution in [2.75, 3.05) is 5.32 Å². The maximum atomic E-state index is 13.5. The number of carboxylic acid groups (broad SMARTS) is 1. The maximum absolute atomic E-state index is 13.5. The highest BCUT2D eigenvalue weighted by Gasteiger charge is 2.44. The number of rotatable bonds is 9. The van der Waals surface area contributed by atoms with Crippen LogP contribution in [-0.2, 0) is 22.4 Å². The van der Waals surface area contributed by atoms with Gasteiger partial charge in [-0.25, -0.2) is 0 Å². The molecule has 2 rings (SSSR count). The molecule has 9 heteroatoms. The van der Waals surface area contributed by atoms with Crippen LogP contribution in [0, 0.1) is 24.7 Å². The Morgan fingerprint density at radius 3 is 2.33 bits per heavy atom. The first-order valence-electron chi connectivity index (χ1n) is 10.4. The summed E-state index contributed by atoms with van der Waals surface area (Å²) in [5.74, 6) is -5.67. The molecule has 0 heterocycles. The quantitative estimate of drug-likeness (QED) is 0.388. The molecule has 0 spiro atoms. The Bertz CT molecular complexity index is 1010. The largest absolute Gasteiger partial charge is 0.481 e. The lowest BCUT2D eigenvalue weighted by molar-refractivity contribution is -0.186. The van der Waals surface area contributed by atoms with E-state index < -0.39 is 35.8 Å². The van der Waals surface area contributed by atoms with E-state index in [-0.39, 0.29) is 30.0 Å². The number of nitrogens with one attached hydrogen (secondary N) is 1. The predicted octanol–water partition coefficient (Wildman–Crippen LogP) is 6.95. The van der Waals surface area contributed by atoms with Crippen molar-refractivity contribution in [3.05, 3.63) is 63.1 Å². The molecule has 2 aromatic carbocycles. The Balaban J connectivity index is 2.25. The topological polar surface area (TPSA) is 66.4 Å². The number of anilines is 1. The predicted molar refractivity (Wildman–Crippen MR) is 124 cm³/mol. The summed E-state index contributed by atoms with van der Waals surface area (Å²) in [5, 5.41) is 12.3. The van der Waals surface area contributed by atoms with Gasteiger partial charge in [-0.2, -0.15) is 13.2 Å². The van der Waals surface area contributed by atoms with Gasteiger partial charge in [0.2, 0.25) is 5.91 Å². The Morgan fingerprint density at radius 1 is 1.09 bits per heavy atom. The van der Waals surface area contributed by atoms with Gasteiger partial charge in [0, 0.05) is 10.9 Å². The van der Waals surface area contributed by atoms with Crippen LogP contribution in [0.4, 0.5) is 18.9 Å². The second-order valence-electron chi connectivity index (χ2n) is 8.29. The van der Waals surface area contributed by atoms with Gasteiger partial charge in [0.15, 0.2) is 0 Å². The van der Waals surface area contributed by atoms with Crippen molar-refractivity contribution in [2.45, 2.75) is 46.2 Å². The molecule has 0 aliphatic carbocycles. The summed E-state index contributed by atoms with van der Waals surface area (Å²) in [6, 6.07) is 9.74. The van der Waals surface area contributed by atoms with E-state index in [0.29, 0.717) is 10.6 Å². The minimum Gasteiger partial charge on any atom is -0.481 e. The molecular weight excluding hydrogens is 478 g/mol. The molecule has 2 N–H and O–H groups in total. The fourth-order valence-corrected chi connectivity index (χ4v) is 3.94. The molecule has 0 aliphatic heterocycles. The molecular formula is C24H26Cl2F3NO3. The number of aryl methyl sites for hydroxylation is 2. The fraction of sp³-hybridized carbons (Fsp3) is 0.417. The second kappa shape index (κ2) is 11.3. The smallest absolute Gasteiger partial charge is 0.392 e. The lowest BCUT2D eigenvalue weighted by Gasteiger charge is -2.26. The first kappa shape index (κ1) is 27.0. The summed E-state index contributed by atoms with van der Waals surface area (Å²) in [5.41, 5.74) is 2.40. The molecule has 0 unspecified atom stereocenters. The lowest BCUT2D eigenvalue weighted by atomic mass is 9.86. The van der Waals surface area contributed by atoms with Gasteiger partial charge in [-0.1, -0.05) is 49.2 Å². The van der Waals surface area contributed by atoms with E-state index >= 15 is 0 Å². The molecule has 0 saturated heterocycles. The highest BCUT2D eigenvalue weighted by molar-refractivity contribution is 6.33. The third kappa shape index (κ3) is 7.64. The van der Waals surface area contributed by atoms with Crippen LogP contribution in [0.2, 0.25) is 10.0 Å². The van der Waals surface area contributed by atoms with Crippen molar-refractivity contribution in [3.8, 4) is 0 Å². The molecule has 0 aliphatic rings. The van der Waals surface area contributed by atoms with E-state index in [1.165, 1.54) is 19.1 Å². The maximum Gasteiger partial charge on any atom is 0.392 e. The molecule has 0 fully saturated rings. The molecule has 0 aromatic heterocycles. The summed E-state index contributed by atoms with van der Waals surface area (Å²) in [6.07, 6.45) is -4.12. The molecule has 180 valence electrons. The van der Waals surface area contributed by atoms with E-state index in [0.717, 1.165) is 18.1 Å². The van der Waals surface area contributed by atoms with Gasteiger partial charge in [-0.15, -0.1) is 0 Å². The van der Waals surface area contributed by atoms with Crippen molar-refractivity contribution >= 4 is 40.8 Å². The minimum atomic E-state index is -4.56. The number of hydrogen-bond donors (Lipinski definition) is 2. The van der Waals surface area contributed by atoms with Crippen LogP contribution in [0.3, 0.4) is 0 Å². The highest BCUT2D eigenvalue weighted by Crippen LogP contribution is 2.36. The van der Waals surface area contributed by atoms with E-state index in [9.17, 15) is 22.8 Å². The number of amides is 1. The first-order chi connectivity index (χ1) is 15.3. The van der Waals surface area contributed by atoms with Crippen LogP contribution in [0.5, 0.6) is 0 Å². The third-order valence-corrected chi connectivity index (χ3v) is 6.30. The zero-order chi connectivity index (χ0) is 24.9. The molecule has 1 amide bonds. The van der Waals surface area contributed by atoms with Crippen LogP contribution >= 0.6 is 23.2 Å². The number of alkyl halides is 3. The van der Waals surface area contributed by atoms with Gasteiger partial charge in [0.1, 0.15) is 0 Å². The standard InChI is InChI=1S/C24H26Cl2F3NO3/c1-13-11-18(25)7-5-17(13)6-8-19(15(3)24(27,28)29)22(31)30-21-12-16(4-9-20(21)26)10-14(2)23(32)33/h4-5,7,9,11-12,14-15,19H,6,8,10H2,1-3H3,(H,30,31)(H,32,33)/t14-,15+,19-/m0/s1. The summed E-state index contributed by atoms with van der Waals surface area (Å²) in [7, 11) is 0. The van der Waals surface area contributed by atoms with Gasteiger partial charge < -0.3 is 10.4 Å². The van der Waals surface area contributed by atoms with Crippen molar-refractivity contribution in [2.24, 2.45) is 17.8 Å². The summed E-state index contributed by atoms with van der Waals surface area (Å²) < 4.78 is 40.6. The van der Waals surface area contributed by atoms with E-state index in [4.69, 9.17) is 28.3 Å². The van der Waals surface area contributed by atoms with Crippen LogP contribution in [0.25, 0.3) is 0 Å². The third-order valence-electron chi connectivity index (χ3n) is 5.74. The minimum absolute atomic E-state index is 0.0255. The van der Waals surface area contributed by atoms with E-state index in [2.05, 4.69) is 5.32 Å². The second-order valence-corrected chi connectivity index (χ2v) is 9.14. The van der Waals surface area contributed by atoms with Crippen LogP contribution in [-0.4, -0.2) is 23.2 Å². The monoisotopic (exact) mass is 503 g/mol. The molecule has 0 saturated carbocycles. The number of carboxylic acids is 1. The number of benzene rings is 2. The number of halogens is 5. The van der Waals surface area contributed by atoms with E-state index in [1.54, 1.807) is 24.3 Å². The van der Waals surface area contributed by atoms with Crippen molar-refractivity contribution < 1.29 is 27.9 Å². The number of hydrogen-bond acceptors (Lipinski definition) is 2. The number of carbonyl (C=O) groups is 2. The van der Waals surface area contributed by atoms with Crippen LogP contribution in [0.15, 0.2) is 36.4 Å². The molecule has 0 bridgehead atoms. The zero-order valence-corrected chi connectivity index (χ0v) is 20.0. The first-order valence-corrected chi connectivity index (χ1v) is 11.2. The lowest BCUT2D eigenvalue weighted by Crippen LogP contribution is -2.36. The van der Waals surface area contributed by atoms with Crippen molar-refractivity contribution in [1.82, 2.24) is 0 Å². The Kier molecular flexibility index (Phi) is 9.20. The Labute approximate surface area is 201 Å². The number of aliphatic carboxylic acids is 1. The van der Waals surface area contributed by atoms with Gasteiger partial charge in [0.25, 0.3) is 0 Å². The van der Waals surface area contributed by atoms with Crippen LogP contribution < -0.4 is 5.32 Å². The Morgan fingerprint density at radius 2 is 1.76 bits per heavy atom. The number of carbonyl (C=O) groups excluding carboxylic acids is 1. The van der Waals surface area contributed by atoms with Gasteiger partial charge in [-0.05, 0) is 67.1 Å². The molecule has 2 aromatic rings. The average Bonchev–Trinajstić information content (AvgIpc) is 2.71.